The normalized spacial score (nSPS) is 20.4. The minimum absolute atomic E-state index is 0.0517. The topological polar surface area (TPSA) is 43.8 Å². The average Bonchev–Trinajstić information content (AvgIpc) is 2.26. The van der Waals surface area contributed by atoms with Crippen molar-refractivity contribution in [3.05, 3.63) is 0 Å². The van der Waals surface area contributed by atoms with E-state index in [1.54, 1.807) is 11.8 Å². The second-order valence-corrected chi connectivity index (χ2v) is 6.47. The molecule has 0 aliphatic carbocycles. The molecule has 5 heteroatoms. The van der Waals surface area contributed by atoms with Gasteiger partial charge < -0.3 is 10.0 Å². The van der Waals surface area contributed by atoms with Crippen LogP contribution in [0.5, 0.6) is 0 Å². The molecular formula is C12H24N2O2S. The van der Waals surface area contributed by atoms with E-state index in [-0.39, 0.29) is 11.2 Å². The lowest BCUT2D eigenvalue weighted by molar-refractivity contribution is -0.132. The van der Waals surface area contributed by atoms with E-state index in [1.165, 1.54) is 0 Å². The van der Waals surface area contributed by atoms with Crippen molar-refractivity contribution < 1.29 is 9.90 Å². The number of carbonyl (C=O) groups is 1. The van der Waals surface area contributed by atoms with Crippen LogP contribution >= 0.6 is 11.8 Å². The van der Waals surface area contributed by atoms with E-state index in [4.69, 9.17) is 0 Å². The standard InChI is InChI=1S/C12H24N2O2S/c1-10(17-4)11(15)14-7-5-13(6-8-14)9-12(2,3)16/h10,16H,5-9H2,1-4H3/t10-/m1/s1. The molecule has 0 aromatic heterocycles. The van der Waals surface area contributed by atoms with Crippen molar-refractivity contribution in [2.75, 3.05) is 39.0 Å². The summed E-state index contributed by atoms with van der Waals surface area (Å²) in [6, 6.07) is 0. The second-order valence-electron chi connectivity index (χ2n) is 5.29. The summed E-state index contributed by atoms with van der Waals surface area (Å²) in [4.78, 5) is 16.1. The smallest absolute Gasteiger partial charge is 0.235 e. The van der Waals surface area contributed by atoms with Crippen LogP contribution in [0.25, 0.3) is 0 Å². The lowest BCUT2D eigenvalue weighted by atomic mass is 10.1. The molecule has 0 spiro atoms. The number of hydrogen-bond acceptors (Lipinski definition) is 4. The van der Waals surface area contributed by atoms with Gasteiger partial charge in [-0.3, -0.25) is 9.69 Å². The zero-order valence-electron chi connectivity index (χ0n) is 11.3. The maximum atomic E-state index is 12.0. The maximum Gasteiger partial charge on any atom is 0.235 e. The maximum absolute atomic E-state index is 12.0. The van der Waals surface area contributed by atoms with E-state index < -0.39 is 5.60 Å². The summed E-state index contributed by atoms with van der Waals surface area (Å²) in [5, 5.41) is 9.80. The predicted octanol–water partition coefficient (Wildman–Crippen LogP) is 0.653. The summed E-state index contributed by atoms with van der Waals surface area (Å²) in [6.07, 6.45) is 1.97. The first-order valence-electron chi connectivity index (χ1n) is 6.10. The van der Waals surface area contributed by atoms with Crippen LogP contribution in [0.4, 0.5) is 0 Å². The van der Waals surface area contributed by atoms with Gasteiger partial charge in [0.2, 0.25) is 5.91 Å². The van der Waals surface area contributed by atoms with Gasteiger partial charge in [0.15, 0.2) is 0 Å². The highest BCUT2D eigenvalue weighted by atomic mass is 32.2. The third-order valence-corrected chi connectivity index (χ3v) is 3.90. The Morgan fingerprint density at radius 2 is 1.88 bits per heavy atom. The molecule has 4 nitrogen and oxygen atoms in total. The fourth-order valence-corrected chi connectivity index (χ4v) is 2.38. The Balaban J connectivity index is 2.38. The molecule has 100 valence electrons. The summed E-state index contributed by atoms with van der Waals surface area (Å²) in [6.45, 7) is 9.54. The summed E-state index contributed by atoms with van der Waals surface area (Å²) >= 11 is 1.59. The molecule has 0 bridgehead atoms. The Morgan fingerprint density at radius 3 is 2.29 bits per heavy atom. The van der Waals surface area contributed by atoms with Gasteiger partial charge in [0.1, 0.15) is 0 Å². The second kappa shape index (κ2) is 6.07. The number of amides is 1. The van der Waals surface area contributed by atoms with Crippen molar-refractivity contribution >= 4 is 17.7 Å². The molecule has 0 saturated carbocycles. The van der Waals surface area contributed by atoms with E-state index in [9.17, 15) is 9.90 Å². The van der Waals surface area contributed by atoms with Crippen LogP contribution in [0, 0.1) is 0 Å². The van der Waals surface area contributed by atoms with E-state index in [0.29, 0.717) is 6.54 Å². The van der Waals surface area contributed by atoms with Crippen molar-refractivity contribution in [2.24, 2.45) is 0 Å². The van der Waals surface area contributed by atoms with Crippen LogP contribution in [-0.2, 0) is 4.79 Å². The molecule has 17 heavy (non-hydrogen) atoms. The first-order valence-corrected chi connectivity index (χ1v) is 7.38. The van der Waals surface area contributed by atoms with Gasteiger partial charge >= 0.3 is 0 Å². The van der Waals surface area contributed by atoms with Gasteiger partial charge in [-0.15, -0.1) is 0 Å². The van der Waals surface area contributed by atoms with Gasteiger partial charge in [-0.25, -0.2) is 0 Å². The summed E-state index contributed by atoms with van der Waals surface area (Å²) in [5.41, 5.74) is -0.654. The molecule has 0 radical (unpaired) electrons. The van der Waals surface area contributed by atoms with Gasteiger partial charge in [0.25, 0.3) is 0 Å². The monoisotopic (exact) mass is 260 g/mol. The van der Waals surface area contributed by atoms with Gasteiger partial charge in [-0.1, -0.05) is 0 Å². The van der Waals surface area contributed by atoms with E-state index in [1.807, 2.05) is 31.9 Å². The van der Waals surface area contributed by atoms with E-state index in [0.717, 1.165) is 26.2 Å². The number of thioether (sulfide) groups is 1. The van der Waals surface area contributed by atoms with Gasteiger partial charge in [-0.2, -0.15) is 11.8 Å². The molecule has 1 aliphatic heterocycles. The van der Waals surface area contributed by atoms with Crippen LogP contribution in [-0.4, -0.2) is 70.6 Å². The molecule has 1 amide bonds. The molecule has 1 N–H and O–H groups in total. The summed E-state index contributed by atoms with van der Waals surface area (Å²) < 4.78 is 0. The average molecular weight is 260 g/mol. The van der Waals surface area contributed by atoms with Crippen LogP contribution in [0.2, 0.25) is 0 Å². The molecular weight excluding hydrogens is 236 g/mol. The van der Waals surface area contributed by atoms with Gasteiger partial charge in [0.05, 0.1) is 10.9 Å². The lowest BCUT2D eigenvalue weighted by Crippen LogP contribution is -2.53. The summed E-state index contributed by atoms with van der Waals surface area (Å²) in [5.74, 6) is 0.236. The quantitative estimate of drug-likeness (QED) is 0.806. The Bertz CT molecular complexity index is 258. The van der Waals surface area contributed by atoms with Crippen molar-refractivity contribution in [3.63, 3.8) is 0 Å². The van der Waals surface area contributed by atoms with E-state index >= 15 is 0 Å². The van der Waals surface area contributed by atoms with Crippen LogP contribution in [0.15, 0.2) is 0 Å². The zero-order valence-corrected chi connectivity index (χ0v) is 12.1. The largest absolute Gasteiger partial charge is 0.389 e. The molecule has 1 heterocycles. The lowest BCUT2D eigenvalue weighted by Gasteiger charge is -2.38. The Morgan fingerprint density at radius 1 is 1.35 bits per heavy atom. The predicted molar refractivity (Wildman–Crippen MR) is 72.3 cm³/mol. The zero-order chi connectivity index (χ0) is 13.1. The Labute approximate surface area is 108 Å². The number of aliphatic hydroxyl groups is 1. The minimum atomic E-state index is -0.654. The molecule has 1 atom stereocenters. The minimum Gasteiger partial charge on any atom is -0.389 e. The molecule has 0 unspecified atom stereocenters. The Hall–Kier alpha value is -0.260. The molecule has 0 aromatic carbocycles. The SMILES string of the molecule is CS[C@H](C)C(=O)N1CCN(CC(C)(C)O)CC1. The Kier molecular flexibility index (Phi) is 5.28. The molecule has 1 fully saturated rings. The molecule has 0 aromatic rings. The molecule has 1 rings (SSSR count). The number of β-amino-alcohol motifs (C(OH)–C–C–N with tert-alkyl or cyclic N) is 1. The van der Waals surface area contributed by atoms with Gasteiger partial charge in [-0.05, 0) is 27.0 Å². The fourth-order valence-electron chi connectivity index (χ4n) is 2.03. The fraction of sp³-hybridized carbons (Fsp3) is 0.917. The first kappa shape index (κ1) is 14.8. The van der Waals surface area contributed by atoms with Crippen LogP contribution in [0.1, 0.15) is 20.8 Å². The summed E-state index contributed by atoms with van der Waals surface area (Å²) in [7, 11) is 0. The van der Waals surface area contributed by atoms with E-state index in [2.05, 4.69) is 4.90 Å². The number of nitrogens with zero attached hydrogens (tertiary/aromatic N) is 2. The third kappa shape index (κ3) is 4.85. The third-order valence-electron chi connectivity index (χ3n) is 3.00. The van der Waals surface area contributed by atoms with Crippen molar-refractivity contribution in [2.45, 2.75) is 31.6 Å². The van der Waals surface area contributed by atoms with Crippen molar-refractivity contribution in [1.82, 2.24) is 9.80 Å². The van der Waals surface area contributed by atoms with Crippen LogP contribution in [0.3, 0.4) is 0 Å². The first-order chi connectivity index (χ1) is 7.83. The highest BCUT2D eigenvalue weighted by molar-refractivity contribution is 7.99. The molecule has 1 aliphatic rings. The number of rotatable bonds is 4. The van der Waals surface area contributed by atoms with Crippen molar-refractivity contribution in [1.29, 1.82) is 0 Å². The van der Waals surface area contributed by atoms with Crippen molar-refractivity contribution in [3.8, 4) is 0 Å². The number of hydrogen-bond donors (Lipinski definition) is 1. The van der Waals surface area contributed by atoms with Crippen LogP contribution < -0.4 is 0 Å². The number of carbonyl (C=O) groups excluding carboxylic acids is 1. The highest BCUT2D eigenvalue weighted by Crippen LogP contribution is 2.13. The highest BCUT2D eigenvalue weighted by Gasteiger charge is 2.26. The number of piperazine rings is 1. The van der Waals surface area contributed by atoms with Gasteiger partial charge in [0, 0.05) is 32.7 Å². The molecule has 1 saturated heterocycles.